The van der Waals surface area contributed by atoms with Gasteiger partial charge in [0.1, 0.15) is 6.04 Å². The predicted molar refractivity (Wildman–Crippen MR) is 91.3 cm³/mol. The molecule has 4 rings (SSSR count). The molecule has 0 bridgehead atoms. The molecule has 24 heavy (non-hydrogen) atoms. The van der Waals surface area contributed by atoms with E-state index >= 15 is 0 Å². The van der Waals surface area contributed by atoms with Gasteiger partial charge in [0.25, 0.3) is 5.91 Å². The van der Waals surface area contributed by atoms with Crippen LogP contribution in [0, 0.1) is 0 Å². The molecule has 3 heterocycles. The molecule has 0 radical (unpaired) electrons. The number of fused-ring (bicyclic) bond motifs is 1. The Kier molecular flexibility index (Phi) is 4.04. The Morgan fingerprint density at radius 3 is 2.58 bits per heavy atom. The second-order valence-electron chi connectivity index (χ2n) is 7.33. The van der Waals surface area contributed by atoms with E-state index in [9.17, 15) is 9.59 Å². The van der Waals surface area contributed by atoms with Crippen LogP contribution in [0.1, 0.15) is 38.2 Å². The molecule has 128 valence electrons. The smallest absolute Gasteiger partial charge is 0.312 e. The Hall–Kier alpha value is -1.88. The third-order valence-electron chi connectivity index (χ3n) is 5.81. The van der Waals surface area contributed by atoms with E-state index in [-0.39, 0.29) is 24.0 Å². The van der Waals surface area contributed by atoms with Crippen molar-refractivity contribution in [2.75, 3.05) is 13.1 Å². The summed E-state index contributed by atoms with van der Waals surface area (Å²) in [6.45, 7) is 4.82. The minimum atomic E-state index is -0.171. The lowest BCUT2D eigenvalue weighted by Crippen LogP contribution is -2.51. The van der Waals surface area contributed by atoms with Crippen LogP contribution < -0.4 is 0 Å². The third kappa shape index (κ3) is 2.61. The third-order valence-corrected chi connectivity index (χ3v) is 5.81. The number of piperidine rings is 1. The Balaban J connectivity index is 1.41. The number of rotatable bonds is 3. The Morgan fingerprint density at radius 1 is 1.08 bits per heavy atom. The zero-order valence-electron chi connectivity index (χ0n) is 14.2. The summed E-state index contributed by atoms with van der Waals surface area (Å²) in [5.41, 5.74) is 1.32. The van der Waals surface area contributed by atoms with Crippen LogP contribution in [0.4, 0.5) is 4.79 Å². The van der Waals surface area contributed by atoms with E-state index in [1.807, 2.05) is 6.07 Å². The average molecular weight is 327 g/mol. The molecule has 3 atom stereocenters. The van der Waals surface area contributed by atoms with Crippen LogP contribution in [0.2, 0.25) is 0 Å². The van der Waals surface area contributed by atoms with Crippen molar-refractivity contribution in [3.8, 4) is 0 Å². The molecule has 0 N–H and O–H groups in total. The molecule has 1 aromatic carbocycles. The van der Waals surface area contributed by atoms with Gasteiger partial charge in [0.15, 0.2) is 0 Å². The number of likely N-dealkylation sites (tertiary alicyclic amines) is 1. The van der Waals surface area contributed by atoms with E-state index in [1.54, 1.807) is 9.80 Å². The van der Waals surface area contributed by atoms with Crippen LogP contribution in [-0.4, -0.2) is 57.9 Å². The summed E-state index contributed by atoms with van der Waals surface area (Å²) >= 11 is 0. The molecular weight excluding hydrogens is 302 g/mol. The molecule has 3 amide bonds. The maximum absolute atomic E-state index is 12.6. The van der Waals surface area contributed by atoms with Crippen LogP contribution in [0.25, 0.3) is 0 Å². The van der Waals surface area contributed by atoms with Crippen LogP contribution >= 0.6 is 0 Å². The number of imide groups is 1. The molecule has 3 fully saturated rings. The van der Waals surface area contributed by atoms with Crippen LogP contribution in [0.5, 0.6) is 0 Å². The first kappa shape index (κ1) is 15.6. The highest BCUT2D eigenvalue weighted by Gasteiger charge is 2.50. The van der Waals surface area contributed by atoms with Gasteiger partial charge >= 0.3 is 6.03 Å². The number of carbonyl (C=O) groups is 2. The van der Waals surface area contributed by atoms with Crippen molar-refractivity contribution in [2.45, 2.75) is 57.3 Å². The van der Waals surface area contributed by atoms with Gasteiger partial charge in [0.05, 0.1) is 0 Å². The van der Waals surface area contributed by atoms with Gasteiger partial charge in [-0.05, 0) is 38.2 Å². The Bertz CT molecular complexity index is 611. The van der Waals surface area contributed by atoms with Gasteiger partial charge in [-0.2, -0.15) is 0 Å². The van der Waals surface area contributed by atoms with Gasteiger partial charge in [-0.15, -0.1) is 0 Å². The highest BCUT2D eigenvalue weighted by atomic mass is 16.2. The number of urea groups is 1. The summed E-state index contributed by atoms with van der Waals surface area (Å²) in [6, 6.07) is 10.7. The number of hydrogen-bond donors (Lipinski definition) is 0. The van der Waals surface area contributed by atoms with Crippen LogP contribution in [0.3, 0.4) is 0 Å². The first-order valence-corrected chi connectivity index (χ1v) is 9.07. The largest absolute Gasteiger partial charge is 0.327 e. The lowest BCUT2D eigenvalue weighted by Gasteiger charge is -2.40. The molecule has 3 aliphatic heterocycles. The minimum absolute atomic E-state index is 0.0452. The van der Waals surface area contributed by atoms with Gasteiger partial charge in [-0.3, -0.25) is 14.6 Å². The molecule has 0 spiro atoms. The quantitative estimate of drug-likeness (QED) is 0.801. The van der Waals surface area contributed by atoms with Crippen molar-refractivity contribution in [3.63, 3.8) is 0 Å². The van der Waals surface area contributed by atoms with Gasteiger partial charge in [-0.25, -0.2) is 4.79 Å². The Morgan fingerprint density at radius 2 is 1.88 bits per heavy atom. The zero-order chi connectivity index (χ0) is 16.7. The van der Waals surface area contributed by atoms with Gasteiger partial charge in [0, 0.05) is 31.7 Å². The van der Waals surface area contributed by atoms with E-state index in [1.165, 1.54) is 5.56 Å². The lowest BCUT2D eigenvalue weighted by atomic mass is 9.96. The summed E-state index contributed by atoms with van der Waals surface area (Å²) in [5.74, 6) is 0.0474. The van der Waals surface area contributed by atoms with Crippen molar-refractivity contribution in [1.82, 2.24) is 14.7 Å². The van der Waals surface area contributed by atoms with E-state index in [4.69, 9.17) is 0 Å². The fourth-order valence-corrected chi connectivity index (χ4v) is 4.46. The number of hydrogen-bond acceptors (Lipinski definition) is 3. The fraction of sp³-hybridized carbons (Fsp3) is 0.579. The summed E-state index contributed by atoms with van der Waals surface area (Å²) in [5, 5.41) is 0. The second kappa shape index (κ2) is 6.20. The highest BCUT2D eigenvalue weighted by Crippen LogP contribution is 2.32. The first-order valence-electron chi connectivity index (χ1n) is 9.07. The molecule has 0 aliphatic carbocycles. The standard InChI is InChI=1S/C19H25N3O2/c1-14-12-16(9-11-20(14)13-15-6-3-2-4-7-15)22-18(23)17-8-5-10-21(17)19(22)24/h2-4,6-7,14,16-17H,5,8-13H2,1H3/t14-,16+,17+/m0/s1. The molecule has 1 aromatic rings. The minimum Gasteiger partial charge on any atom is -0.312 e. The number of amides is 3. The number of carbonyl (C=O) groups excluding carboxylic acids is 2. The monoisotopic (exact) mass is 327 g/mol. The van der Waals surface area contributed by atoms with E-state index in [2.05, 4.69) is 36.1 Å². The van der Waals surface area contributed by atoms with E-state index in [0.717, 1.165) is 45.3 Å². The molecular formula is C19H25N3O2. The average Bonchev–Trinajstić information content (AvgIpc) is 3.15. The Labute approximate surface area is 143 Å². The molecule has 5 nitrogen and oxygen atoms in total. The summed E-state index contributed by atoms with van der Waals surface area (Å²) in [7, 11) is 0. The normalized spacial score (nSPS) is 31.0. The molecule has 5 heteroatoms. The zero-order valence-corrected chi connectivity index (χ0v) is 14.2. The van der Waals surface area contributed by atoms with E-state index in [0.29, 0.717) is 6.04 Å². The molecule has 3 saturated heterocycles. The van der Waals surface area contributed by atoms with Crippen LogP contribution in [-0.2, 0) is 11.3 Å². The fourth-order valence-electron chi connectivity index (χ4n) is 4.46. The molecule has 0 saturated carbocycles. The van der Waals surface area contributed by atoms with Gasteiger partial charge in [-0.1, -0.05) is 30.3 Å². The summed E-state index contributed by atoms with van der Waals surface area (Å²) in [4.78, 5) is 31.0. The number of nitrogens with zero attached hydrogens (tertiary/aromatic N) is 3. The van der Waals surface area contributed by atoms with Crippen molar-refractivity contribution < 1.29 is 9.59 Å². The van der Waals surface area contributed by atoms with Gasteiger partial charge < -0.3 is 4.90 Å². The van der Waals surface area contributed by atoms with Crippen molar-refractivity contribution >= 4 is 11.9 Å². The van der Waals surface area contributed by atoms with Crippen molar-refractivity contribution in [3.05, 3.63) is 35.9 Å². The maximum Gasteiger partial charge on any atom is 0.327 e. The van der Waals surface area contributed by atoms with Crippen LogP contribution in [0.15, 0.2) is 30.3 Å². The lowest BCUT2D eigenvalue weighted by molar-refractivity contribution is -0.130. The SMILES string of the molecule is C[C@H]1C[C@H](N2C(=O)[C@H]3CCCN3C2=O)CCN1Cc1ccccc1. The van der Waals surface area contributed by atoms with Crippen molar-refractivity contribution in [2.24, 2.45) is 0 Å². The molecule has 0 aromatic heterocycles. The molecule has 3 aliphatic rings. The predicted octanol–water partition coefficient (Wildman–Crippen LogP) is 2.47. The summed E-state index contributed by atoms with van der Waals surface area (Å²) < 4.78 is 0. The van der Waals surface area contributed by atoms with Gasteiger partial charge in [0.2, 0.25) is 0 Å². The topological polar surface area (TPSA) is 43.9 Å². The maximum atomic E-state index is 12.6. The second-order valence-corrected chi connectivity index (χ2v) is 7.33. The number of benzene rings is 1. The first-order chi connectivity index (χ1) is 11.6. The van der Waals surface area contributed by atoms with E-state index < -0.39 is 0 Å². The highest BCUT2D eigenvalue weighted by molar-refractivity contribution is 6.04. The molecule has 0 unspecified atom stereocenters. The van der Waals surface area contributed by atoms with Crippen molar-refractivity contribution in [1.29, 1.82) is 0 Å². The summed E-state index contributed by atoms with van der Waals surface area (Å²) in [6.07, 6.45) is 3.56.